The maximum Gasteiger partial charge on any atom is 0.301 e. The number of amides is 1. The Labute approximate surface area is 186 Å². The molecule has 0 heterocycles. The summed E-state index contributed by atoms with van der Waals surface area (Å²) in [6, 6.07) is -1.46. The van der Waals surface area contributed by atoms with E-state index < -0.39 is 71.6 Å². The van der Waals surface area contributed by atoms with Crippen molar-refractivity contribution < 1.29 is 89.2 Å². The van der Waals surface area contributed by atoms with Crippen LogP contribution in [0, 0.1) is 0 Å². The zero-order chi connectivity index (χ0) is 28.2. The Morgan fingerprint density at radius 3 is 1.29 bits per heavy atom. The number of aliphatic hydroxyl groups excluding tert-OH is 4. The van der Waals surface area contributed by atoms with E-state index in [1.165, 1.54) is 0 Å². The van der Waals surface area contributed by atoms with Crippen molar-refractivity contribution >= 4 is 11.9 Å². The standard InChI is InChI=1S/C5H10FNO3.C5H9FO3.3CH2F2O.CH2F2/c6-1-5(10)7-2-4(9)3-8;6-5(9)2-1-4(8)3-7;3*2-1-4-3;2-1-3/h4,8-9H,1-3H2,(H,7,10);4,7-8H,1-3H2;3*1H2;1H2. The lowest BCUT2D eigenvalue weighted by Crippen LogP contribution is -2.34. The van der Waals surface area contributed by atoms with E-state index in [2.05, 4.69) is 20.1 Å². The molecule has 0 spiro atoms. The van der Waals surface area contributed by atoms with Crippen LogP contribution in [0.3, 0.4) is 0 Å². The van der Waals surface area contributed by atoms with Gasteiger partial charge in [-0.1, -0.05) is 0 Å². The van der Waals surface area contributed by atoms with Crippen LogP contribution in [0.5, 0.6) is 0 Å². The lowest BCUT2D eigenvalue weighted by molar-refractivity contribution is -0.167. The van der Waals surface area contributed by atoms with E-state index in [1.807, 2.05) is 0 Å². The number of hydrogen-bond acceptors (Lipinski definition) is 9. The number of aliphatic hydroxyl groups is 4. The summed E-state index contributed by atoms with van der Waals surface area (Å²) in [5, 5.41) is 35.6. The molecule has 0 aromatic rings. The molecule has 0 radical (unpaired) electrons. The zero-order valence-electron chi connectivity index (χ0n) is 17.3. The molecule has 0 fully saturated rings. The quantitative estimate of drug-likeness (QED) is 0.192. The number of rotatable bonds is 11. The molecule has 0 aromatic carbocycles. The predicted octanol–water partition coefficient (Wildman–Crippen LogP) is 1.37. The molecule has 0 aliphatic rings. The van der Waals surface area contributed by atoms with Gasteiger partial charge in [0.05, 0.1) is 25.4 Å². The summed E-state index contributed by atoms with van der Waals surface area (Å²) in [6.07, 6.45) is -2.30. The maximum absolute atomic E-state index is 11.4. The van der Waals surface area contributed by atoms with Crippen molar-refractivity contribution in [1.82, 2.24) is 5.32 Å². The van der Waals surface area contributed by atoms with E-state index in [9.17, 15) is 53.9 Å². The van der Waals surface area contributed by atoms with Crippen molar-refractivity contribution in [2.45, 2.75) is 25.0 Å². The van der Waals surface area contributed by atoms with Crippen LogP contribution in [-0.4, -0.2) is 98.5 Å². The molecular formula is C14H27F10NO9. The van der Waals surface area contributed by atoms with Crippen molar-refractivity contribution in [2.75, 3.05) is 53.9 Å². The Balaban J connectivity index is -0.0000000742. The van der Waals surface area contributed by atoms with E-state index in [0.717, 1.165) is 0 Å². The van der Waals surface area contributed by atoms with Gasteiger partial charge in [0.15, 0.2) is 6.67 Å². The highest BCUT2D eigenvalue weighted by atomic mass is 19.3. The molecule has 0 saturated carbocycles. The molecule has 34 heavy (non-hydrogen) atoms. The van der Waals surface area contributed by atoms with Crippen LogP contribution >= 0.6 is 0 Å². The first-order valence-electron chi connectivity index (χ1n) is 8.12. The summed E-state index contributed by atoms with van der Waals surface area (Å²) >= 11 is 0. The van der Waals surface area contributed by atoms with Crippen molar-refractivity contribution in [3.05, 3.63) is 0 Å². The molecular weight excluding hydrogens is 516 g/mol. The zero-order valence-corrected chi connectivity index (χ0v) is 17.3. The minimum Gasteiger partial charge on any atom is -0.394 e. The number of hydrogen-bond donors (Lipinski definition) is 5. The molecule has 0 rings (SSSR count). The maximum atomic E-state index is 11.4. The second-order valence-electron chi connectivity index (χ2n) is 4.26. The molecule has 5 N–H and O–H groups in total. The van der Waals surface area contributed by atoms with E-state index in [1.54, 1.807) is 0 Å². The first-order valence-corrected chi connectivity index (χ1v) is 8.12. The van der Waals surface area contributed by atoms with Crippen molar-refractivity contribution in [2.24, 2.45) is 0 Å². The lowest BCUT2D eigenvalue weighted by atomic mass is 10.2. The molecule has 1 amide bonds. The molecule has 10 nitrogen and oxygen atoms in total. The number of carbonyl (C=O) groups excluding carboxylic acids is 2. The second-order valence-corrected chi connectivity index (χ2v) is 4.26. The summed E-state index contributed by atoms with van der Waals surface area (Å²) in [6.45, 7) is -7.86. The largest absolute Gasteiger partial charge is 0.394 e. The Morgan fingerprint density at radius 1 is 0.765 bits per heavy atom. The Morgan fingerprint density at radius 2 is 1.09 bits per heavy atom. The van der Waals surface area contributed by atoms with Crippen molar-refractivity contribution in [1.29, 1.82) is 0 Å². The Kier molecular flexibility index (Phi) is 65.2. The SMILES string of the molecule is FCF.FCOF.FCOF.FCOF.O=C(CF)NCC(O)CO.O=C(F)CCC(O)CO. The van der Waals surface area contributed by atoms with E-state index in [-0.39, 0.29) is 19.4 Å². The Bertz CT molecular complexity index is 354. The highest BCUT2D eigenvalue weighted by Gasteiger charge is 2.05. The molecule has 0 bridgehead atoms. The summed E-state index contributed by atoms with van der Waals surface area (Å²) in [5.41, 5.74) is 0. The number of nitrogens with one attached hydrogen (secondary N) is 1. The number of alkyl halides is 6. The third kappa shape index (κ3) is 87.1. The first-order chi connectivity index (χ1) is 16.0. The topological polar surface area (TPSA) is 155 Å². The molecule has 0 saturated heterocycles. The average Bonchev–Trinajstić information content (AvgIpc) is 2.86. The third-order valence-corrected chi connectivity index (χ3v) is 1.88. The fourth-order valence-corrected chi connectivity index (χ4v) is 0.715. The monoisotopic (exact) mass is 543 g/mol. The van der Waals surface area contributed by atoms with Gasteiger partial charge >= 0.3 is 6.04 Å². The fourth-order valence-electron chi connectivity index (χ4n) is 0.715. The van der Waals surface area contributed by atoms with Crippen LogP contribution in [0.2, 0.25) is 0 Å². The predicted molar refractivity (Wildman–Crippen MR) is 92.1 cm³/mol. The summed E-state index contributed by atoms with van der Waals surface area (Å²) < 4.78 is 102. The summed E-state index contributed by atoms with van der Waals surface area (Å²) in [7, 11) is 0. The Hall–Kier alpha value is -1.84. The molecule has 0 aliphatic carbocycles. The molecule has 2 unspecified atom stereocenters. The van der Waals surface area contributed by atoms with E-state index in [0.29, 0.717) is 0 Å². The minimum atomic E-state index is -1.75. The normalized spacial score (nSPS) is 10.4. The van der Waals surface area contributed by atoms with Crippen LogP contribution in [0.1, 0.15) is 12.8 Å². The minimum absolute atomic E-state index is 0.00810. The van der Waals surface area contributed by atoms with Crippen molar-refractivity contribution in [3.63, 3.8) is 0 Å². The first kappa shape index (κ1) is 45.6. The third-order valence-electron chi connectivity index (χ3n) is 1.88. The van der Waals surface area contributed by atoms with Crippen LogP contribution in [0.25, 0.3) is 0 Å². The van der Waals surface area contributed by atoms with Gasteiger partial charge in [-0.05, 0) is 20.0 Å². The highest BCUT2D eigenvalue weighted by molar-refractivity contribution is 5.76. The fraction of sp³-hybridized carbons (Fsp3) is 0.857. The van der Waals surface area contributed by atoms with Gasteiger partial charge in [-0.15, -0.1) is 0 Å². The molecule has 212 valence electrons. The van der Waals surface area contributed by atoms with Gasteiger partial charge in [-0.25, -0.2) is 26.3 Å². The van der Waals surface area contributed by atoms with Gasteiger partial charge in [0.25, 0.3) is 5.91 Å². The molecule has 20 heteroatoms. The lowest BCUT2D eigenvalue weighted by Gasteiger charge is -2.06. The molecule has 0 aliphatic heterocycles. The van der Waals surface area contributed by atoms with Gasteiger partial charge in [-0.3, -0.25) is 9.59 Å². The summed E-state index contributed by atoms with van der Waals surface area (Å²) in [5.74, 6) is -0.785. The second kappa shape index (κ2) is 48.6. The highest BCUT2D eigenvalue weighted by Crippen LogP contribution is 1.96. The van der Waals surface area contributed by atoms with Crippen LogP contribution in [0.4, 0.5) is 44.3 Å². The van der Waals surface area contributed by atoms with Crippen molar-refractivity contribution in [3.8, 4) is 0 Å². The van der Waals surface area contributed by atoms with E-state index in [4.69, 9.17) is 20.4 Å². The van der Waals surface area contributed by atoms with Gasteiger partial charge in [-0.2, -0.15) is 19.2 Å². The van der Waals surface area contributed by atoms with Gasteiger partial charge in [0.1, 0.15) is 0 Å². The van der Waals surface area contributed by atoms with Crippen LogP contribution < -0.4 is 5.32 Å². The van der Waals surface area contributed by atoms with Gasteiger partial charge in [0, 0.05) is 13.0 Å². The van der Waals surface area contributed by atoms with Crippen LogP contribution in [0.15, 0.2) is 0 Å². The van der Waals surface area contributed by atoms with E-state index >= 15 is 0 Å². The van der Waals surface area contributed by atoms with Gasteiger partial charge in [0.2, 0.25) is 27.5 Å². The molecule has 2 atom stereocenters. The summed E-state index contributed by atoms with van der Waals surface area (Å²) in [4.78, 5) is 26.9. The smallest absolute Gasteiger partial charge is 0.301 e. The van der Waals surface area contributed by atoms with Gasteiger partial charge < -0.3 is 25.7 Å². The number of halogens is 10. The molecule has 0 aromatic heterocycles. The number of carbonyl (C=O) groups is 2. The van der Waals surface area contributed by atoms with Crippen LogP contribution in [-0.2, 0) is 24.4 Å². The average molecular weight is 543 g/mol.